The number of aliphatic hydroxyl groups excluding tert-OH is 1. The lowest BCUT2D eigenvalue weighted by Gasteiger charge is -2.20. The molecule has 186 valence electrons. The zero-order valence-electron chi connectivity index (χ0n) is 16.3. The lowest BCUT2D eigenvalue weighted by Crippen LogP contribution is -2.35. The molecule has 1 saturated heterocycles. The van der Waals surface area contributed by atoms with Crippen molar-refractivity contribution in [3.63, 3.8) is 0 Å². The van der Waals surface area contributed by atoms with Gasteiger partial charge in [0.25, 0.3) is 5.56 Å². The number of nitrogen functional groups attached to an aromatic ring is 1. The third-order valence-electron chi connectivity index (χ3n) is 4.12. The van der Waals surface area contributed by atoms with Crippen molar-refractivity contribution in [2.45, 2.75) is 24.5 Å². The van der Waals surface area contributed by atoms with E-state index in [0.29, 0.717) is 0 Å². The van der Waals surface area contributed by atoms with Gasteiger partial charge < -0.3 is 39.9 Å². The Hall–Kier alpha value is -1.56. The fraction of sp³-hybridized carbons (Fsp3) is 0.545. The second-order valence-electron chi connectivity index (χ2n) is 6.42. The number of nitrogens with one attached hydrogen (secondary N) is 1. The predicted molar refractivity (Wildman–Crippen MR) is 103 cm³/mol. The van der Waals surface area contributed by atoms with E-state index in [0.717, 1.165) is 10.9 Å². The summed E-state index contributed by atoms with van der Waals surface area (Å²) in [5.41, 5.74) is 4.69. The van der Waals surface area contributed by atoms with E-state index in [1.54, 1.807) is 0 Å². The Morgan fingerprint density at radius 1 is 1.21 bits per heavy atom. The van der Waals surface area contributed by atoms with Crippen molar-refractivity contribution in [3.8, 4) is 0 Å². The van der Waals surface area contributed by atoms with Crippen LogP contribution in [0.25, 0.3) is 11.2 Å². The molecule has 6 atom stereocenters. The van der Waals surface area contributed by atoms with E-state index in [4.69, 9.17) is 25.0 Å². The minimum Gasteiger partial charge on any atom is -0.386 e. The summed E-state index contributed by atoms with van der Waals surface area (Å²) in [6.07, 6.45) is -4.11. The van der Waals surface area contributed by atoms with Gasteiger partial charge in [-0.2, -0.15) is 13.6 Å². The molecule has 3 rings (SSSR count). The average Bonchev–Trinajstić information content (AvgIpc) is 3.17. The van der Waals surface area contributed by atoms with Gasteiger partial charge in [0, 0.05) is 7.11 Å². The lowest BCUT2D eigenvalue weighted by atomic mass is 10.1. The number of nitrogens with two attached hydrogens (primary N) is 1. The van der Waals surface area contributed by atoms with Crippen LogP contribution < -0.4 is 11.3 Å². The number of aromatic nitrogens is 4. The molecular weight excluding hydrogens is 519 g/mol. The van der Waals surface area contributed by atoms with Crippen LogP contribution in [0.3, 0.4) is 0 Å². The summed E-state index contributed by atoms with van der Waals surface area (Å²) in [5.74, 6) is -0.241. The number of ether oxygens (including phenoxy) is 2. The van der Waals surface area contributed by atoms with Crippen LogP contribution in [0, 0.1) is 0 Å². The molecular formula is C11H18N5O14P3. The first-order chi connectivity index (χ1) is 15.1. The van der Waals surface area contributed by atoms with E-state index in [1.165, 1.54) is 7.11 Å². The molecule has 19 nitrogen and oxygen atoms in total. The normalized spacial score (nSPS) is 27.5. The molecule has 1 aliphatic heterocycles. The number of H-pyrrole nitrogens is 1. The monoisotopic (exact) mass is 537 g/mol. The largest absolute Gasteiger partial charge is 0.490 e. The van der Waals surface area contributed by atoms with Crippen molar-refractivity contribution in [1.29, 1.82) is 0 Å². The Labute approximate surface area is 182 Å². The van der Waals surface area contributed by atoms with Crippen molar-refractivity contribution >= 4 is 40.6 Å². The van der Waals surface area contributed by atoms with E-state index in [-0.39, 0.29) is 17.1 Å². The molecule has 8 N–H and O–H groups in total. The maximum atomic E-state index is 11.9. The van der Waals surface area contributed by atoms with Crippen LogP contribution in [0.1, 0.15) is 6.23 Å². The topological polar surface area (TPSA) is 288 Å². The summed E-state index contributed by atoms with van der Waals surface area (Å²) < 4.78 is 57.6. The van der Waals surface area contributed by atoms with Gasteiger partial charge in [0.1, 0.15) is 18.3 Å². The second-order valence-corrected chi connectivity index (χ2v) is 10.8. The second kappa shape index (κ2) is 9.24. The first kappa shape index (κ1) is 26.1. The zero-order valence-corrected chi connectivity index (χ0v) is 18.9. The molecule has 3 heterocycles. The average molecular weight is 537 g/mol. The standard InChI is InChI=1S/C11H18N5O14P3/c1-26-7-4(2-27-32(22,23)30-33(24,25)29-31(19,20)21)28-10(6(7)17)16-3-13-5-8(16)14-11(12)15-9(5)18/h3-4,6-7,10,17H,2H2,1H3,(H,22,23)(H,24,25)(H2,19,20,21)(H3,12,14,15,18)/t4-,6?,7?,10-/m1/s1. The van der Waals surface area contributed by atoms with Crippen LogP contribution in [-0.4, -0.2) is 76.2 Å². The highest BCUT2D eigenvalue weighted by atomic mass is 31.3. The highest BCUT2D eigenvalue weighted by Gasteiger charge is 2.48. The fourth-order valence-corrected chi connectivity index (χ4v) is 6.00. The molecule has 0 saturated carbocycles. The third-order valence-corrected chi connectivity index (χ3v) is 7.93. The SMILES string of the molecule is COC1C(O)[C@H](n2cnc3c(=O)[nH]c(N)nc32)O[C@@H]1COP(=O)(O)OP(=O)(O)OP(=O)(O)O. The molecule has 0 aromatic carbocycles. The summed E-state index contributed by atoms with van der Waals surface area (Å²) in [6, 6.07) is 0. The van der Waals surface area contributed by atoms with E-state index >= 15 is 0 Å². The van der Waals surface area contributed by atoms with Gasteiger partial charge in [-0.05, 0) is 0 Å². The van der Waals surface area contributed by atoms with Crippen molar-refractivity contribution < 1.29 is 61.0 Å². The molecule has 0 bridgehead atoms. The summed E-state index contributed by atoms with van der Waals surface area (Å²) in [7, 11) is -15.5. The molecule has 1 fully saturated rings. The van der Waals surface area contributed by atoms with Gasteiger partial charge in [0.15, 0.2) is 17.4 Å². The van der Waals surface area contributed by atoms with Crippen LogP contribution in [0.4, 0.5) is 5.95 Å². The van der Waals surface area contributed by atoms with Crippen LogP contribution in [0.15, 0.2) is 11.1 Å². The Morgan fingerprint density at radius 3 is 2.48 bits per heavy atom. The number of hydrogen-bond donors (Lipinski definition) is 7. The number of imidazole rings is 1. The lowest BCUT2D eigenvalue weighted by molar-refractivity contribution is -0.0526. The van der Waals surface area contributed by atoms with Crippen LogP contribution in [0.5, 0.6) is 0 Å². The van der Waals surface area contributed by atoms with Gasteiger partial charge in [0.2, 0.25) is 5.95 Å². The Balaban J connectivity index is 1.76. The highest BCUT2D eigenvalue weighted by Crippen LogP contribution is 2.66. The van der Waals surface area contributed by atoms with Gasteiger partial charge in [-0.3, -0.25) is 18.9 Å². The van der Waals surface area contributed by atoms with Crippen LogP contribution >= 0.6 is 23.5 Å². The number of aliphatic hydroxyl groups is 1. The molecule has 33 heavy (non-hydrogen) atoms. The predicted octanol–water partition coefficient (Wildman–Crippen LogP) is -1.68. The van der Waals surface area contributed by atoms with Crippen molar-refractivity contribution in [2.75, 3.05) is 19.5 Å². The number of nitrogens with zero attached hydrogens (tertiary/aromatic N) is 3. The van der Waals surface area contributed by atoms with Crippen molar-refractivity contribution in [2.24, 2.45) is 0 Å². The minimum absolute atomic E-state index is 0.0521. The Bertz CT molecular complexity index is 1230. The molecule has 22 heteroatoms. The molecule has 0 amide bonds. The Kier molecular flexibility index (Phi) is 7.29. The van der Waals surface area contributed by atoms with Gasteiger partial charge in [-0.25, -0.2) is 18.7 Å². The minimum atomic E-state index is -5.71. The first-order valence-corrected chi connectivity index (χ1v) is 13.0. The highest BCUT2D eigenvalue weighted by molar-refractivity contribution is 7.66. The summed E-state index contributed by atoms with van der Waals surface area (Å²) in [5, 5.41) is 10.6. The number of fused-ring (bicyclic) bond motifs is 1. The van der Waals surface area contributed by atoms with Gasteiger partial charge in [0.05, 0.1) is 12.9 Å². The number of methoxy groups -OCH3 is 1. The zero-order chi connectivity index (χ0) is 24.8. The number of phosphoric acid groups is 3. The van der Waals surface area contributed by atoms with Gasteiger partial charge in [-0.15, -0.1) is 0 Å². The third kappa shape index (κ3) is 6.12. The molecule has 0 radical (unpaired) electrons. The quantitative estimate of drug-likeness (QED) is 0.176. The van der Waals surface area contributed by atoms with E-state index in [2.05, 4.69) is 28.1 Å². The summed E-state index contributed by atoms with van der Waals surface area (Å²) in [4.78, 5) is 57.8. The molecule has 0 aliphatic carbocycles. The summed E-state index contributed by atoms with van der Waals surface area (Å²) in [6.45, 7) is -0.876. The smallest absolute Gasteiger partial charge is 0.386 e. The molecule has 2 aromatic rings. The van der Waals surface area contributed by atoms with Crippen LogP contribution in [-0.2, 0) is 36.3 Å². The molecule has 4 unspecified atom stereocenters. The van der Waals surface area contributed by atoms with Gasteiger partial charge >= 0.3 is 23.5 Å². The molecule has 2 aromatic heterocycles. The van der Waals surface area contributed by atoms with E-state index < -0.39 is 60.2 Å². The molecule has 0 spiro atoms. The maximum Gasteiger partial charge on any atom is 0.490 e. The number of phosphoric ester groups is 1. The number of anilines is 1. The van der Waals surface area contributed by atoms with Crippen molar-refractivity contribution in [3.05, 3.63) is 16.7 Å². The summed E-state index contributed by atoms with van der Waals surface area (Å²) >= 11 is 0. The Morgan fingerprint density at radius 2 is 1.88 bits per heavy atom. The first-order valence-electron chi connectivity index (χ1n) is 8.49. The number of aromatic amines is 1. The van der Waals surface area contributed by atoms with Crippen molar-refractivity contribution in [1.82, 2.24) is 19.5 Å². The van der Waals surface area contributed by atoms with Gasteiger partial charge in [-0.1, -0.05) is 0 Å². The number of rotatable bonds is 9. The van der Waals surface area contributed by atoms with E-state index in [1.807, 2.05) is 0 Å². The maximum absolute atomic E-state index is 11.9. The fourth-order valence-electron chi connectivity index (χ4n) is 2.97. The molecule has 1 aliphatic rings. The van der Waals surface area contributed by atoms with Crippen LogP contribution in [0.2, 0.25) is 0 Å². The van der Waals surface area contributed by atoms with E-state index in [9.17, 15) is 33.4 Å². The number of hydrogen-bond acceptors (Lipinski definition) is 13.